The molecule has 0 saturated heterocycles. The molecule has 10 nitrogen and oxygen atoms in total. The van der Waals surface area contributed by atoms with Gasteiger partial charge in [0.2, 0.25) is 0 Å². The van der Waals surface area contributed by atoms with E-state index in [0.717, 1.165) is 5.69 Å². The summed E-state index contributed by atoms with van der Waals surface area (Å²) in [6.07, 6.45) is 4.97. The van der Waals surface area contributed by atoms with E-state index in [1.807, 2.05) is 33.9 Å². The van der Waals surface area contributed by atoms with Crippen molar-refractivity contribution in [1.29, 1.82) is 5.26 Å². The maximum absolute atomic E-state index is 15.0. The number of carbonyl (C=O) groups is 1. The summed E-state index contributed by atoms with van der Waals surface area (Å²) in [5.41, 5.74) is 3.09. The predicted molar refractivity (Wildman–Crippen MR) is 153 cm³/mol. The quantitative estimate of drug-likeness (QED) is 0.247. The van der Waals surface area contributed by atoms with E-state index in [1.165, 1.54) is 12.1 Å². The molecule has 0 saturated carbocycles. The predicted octanol–water partition coefficient (Wildman–Crippen LogP) is 6.55. The fraction of sp³-hybridized carbons (Fsp3) is 0.167. The van der Waals surface area contributed by atoms with Gasteiger partial charge < -0.3 is 15.4 Å². The average Bonchev–Trinajstić information content (AvgIpc) is 3.57. The van der Waals surface area contributed by atoms with Crippen LogP contribution in [0.4, 0.5) is 20.6 Å². The lowest BCUT2D eigenvalue weighted by Crippen LogP contribution is -2.22. The van der Waals surface area contributed by atoms with Gasteiger partial charge in [0.15, 0.2) is 0 Å². The van der Waals surface area contributed by atoms with E-state index in [2.05, 4.69) is 31.9 Å². The number of hydrogen-bond acceptors (Lipinski definition) is 6. The number of ether oxygens (including phenoxy) is 1. The second-order valence-corrected chi connectivity index (χ2v) is 10.2. The number of nitrogens with one attached hydrogen (secondary N) is 2. The minimum Gasteiger partial charge on any atom is -0.457 e. The van der Waals surface area contributed by atoms with Gasteiger partial charge in [-0.3, -0.25) is 14.3 Å². The number of halogens is 1. The Bertz CT molecular complexity index is 1780. The second kappa shape index (κ2) is 10.9. The molecule has 2 aromatic carbocycles. The molecule has 0 unspecified atom stereocenters. The molecule has 0 aliphatic carbocycles. The van der Waals surface area contributed by atoms with Gasteiger partial charge in [-0.2, -0.15) is 15.5 Å². The summed E-state index contributed by atoms with van der Waals surface area (Å²) in [5, 5.41) is 23.4. The van der Waals surface area contributed by atoms with Gasteiger partial charge in [-0.25, -0.2) is 9.18 Å². The number of anilines is 2. The Morgan fingerprint density at radius 1 is 1.00 bits per heavy atom. The van der Waals surface area contributed by atoms with Crippen molar-refractivity contribution in [1.82, 2.24) is 24.5 Å². The first kappa shape index (κ1) is 27.1. The van der Waals surface area contributed by atoms with Gasteiger partial charge in [-0.1, -0.05) is 12.1 Å². The number of nitriles is 1. The molecular weight excluding hydrogens is 523 g/mol. The molecule has 0 fully saturated rings. The van der Waals surface area contributed by atoms with Crippen LogP contribution in [-0.4, -0.2) is 30.6 Å². The smallest absolute Gasteiger partial charge is 0.323 e. The monoisotopic (exact) mass is 550 g/mol. The number of nitrogens with zero attached hydrogens (tertiary/aromatic N) is 6. The summed E-state index contributed by atoms with van der Waals surface area (Å²) in [6, 6.07) is 17.8. The van der Waals surface area contributed by atoms with Crippen LogP contribution in [0.5, 0.6) is 11.5 Å². The minimum atomic E-state index is -0.675. The van der Waals surface area contributed by atoms with Crippen LogP contribution in [0.2, 0.25) is 0 Å². The van der Waals surface area contributed by atoms with Gasteiger partial charge >= 0.3 is 6.03 Å². The van der Waals surface area contributed by atoms with E-state index < -0.39 is 11.8 Å². The fourth-order valence-electron chi connectivity index (χ4n) is 4.07. The van der Waals surface area contributed by atoms with Crippen LogP contribution in [0.15, 0.2) is 79.3 Å². The molecule has 0 radical (unpaired) electrons. The zero-order valence-electron chi connectivity index (χ0n) is 22.9. The molecular formula is C30H27FN8O2. The Morgan fingerprint density at radius 3 is 2.49 bits per heavy atom. The normalized spacial score (nSPS) is 11.1. The molecule has 0 aliphatic heterocycles. The molecule has 5 rings (SSSR count). The molecule has 0 atom stereocenters. The molecule has 11 heteroatoms. The highest BCUT2D eigenvalue weighted by atomic mass is 19.1. The Kier molecular flexibility index (Phi) is 7.22. The Labute approximate surface area is 236 Å². The maximum atomic E-state index is 15.0. The molecule has 41 heavy (non-hydrogen) atoms. The first-order valence-corrected chi connectivity index (χ1v) is 12.7. The molecule has 0 spiro atoms. The Hall–Kier alpha value is -5.50. The van der Waals surface area contributed by atoms with Gasteiger partial charge in [-0.05, 0) is 57.2 Å². The number of aryl methyl sites for hydroxylation is 1. The van der Waals surface area contributed by atoms with E-state index in [4.69, 9.17) is 4.74 Å². The van der Waals surface area contributed by atoms with Gasteiger partial charge in [0.1, 0.15) is 23.0 Å². The van der Waals surface area contributed by atoms with E-state index in [9.17, 15) is 10.1 Å². The van der Waals surface area contributed by atoms with Crippen LogP contribution in [0.25, 0.3) is 22.6 Å². The van der Waals surface area contributed by atoms with Gasteiger partial charge in [0, 0.05) is 43.3 Å². The summed E-state index contributed by atoms with van der Waals surface area (Å²) in [6.45, 7) is 5.93. The van der Waals surface area contributed by atoms with Crippen LogP contribution in [0.1, 0.15) is 26.3 Å². The average molecular weight is 551 g/mol. The van der Waals surface area contributed by atoms with Crippen molar-refractivity contribution in [3.63, 3.8) is 0 Å². The molecule has 5 aromatic rings. The van der Waals surface area contributed by atoms with Gasteiger partial charge in [0.25, 0.3) is 0 Å². The van der Waals surface area contributed by atoms with Crippen molar-refractivity contribution in [3.8, 4) is 40.2 Å². The van der Waals surface area contributed by atoms with E-state index >= 15 is 4.39 Å². The highest BCUT2D eigenvalue weighted by Crippen LogP contribution is 2.31. The van der Waals surface area contributed by atoms with E-state index in [0.29, 0.717) is 34.0 Å². The SMILES string of the molecule is Cn1nccc1-c1cc(Oc2ccc(NC(=O)Nc3cn(C(C)(C)C)nc3-c3cccc(C#N)c3)c(F)c2)ccn1. The van der Waals surface area contributed by atoms with Crippen LogP contribution >= 0.6 is 0 Å². The third-order valence-corrected chi connectivity index (χ3v) is 6.15. The molecule has 3 aromatic heterocycles. The molecule has 206 valence electrons. The third-order valence-electron chi connectivity index (χ3n) is 6.15. The highest BCUT2D eigenvalue weighted by Gasteiger charge is 2.21. The van der Waals surface area contributed by atoms with Crippen molar-refractivity contribution in [3.05, 3.63) is 90.6 Å². The lowest BCUT2D eigenvalue weighted by Gasteiger charge is -2.18. The van der Waals surface area contributed by atoms with Gasteiger partial charge in [-0.15, -0.1) is 0 Å². The molecule has 3 heterocycles. The summed E-state index contributed by atoms with van der Waals surface area (Å²) in [7, 11) is 1.81. The minimum absolute atomic E-state index is 0.0311. The lowest BCUT2D eigenvalue weighted by atomic mass is 10.1. The maximum Gasteiger partial charge on any atom is 0.323 e. The summed E-state index contributed by atoms with van der Waals surface area (Å²) in [5.74, 6) is 0.0468. The number of amides is 2. The number of urea groups is 1. The zero-order valence-corrected chi connectivity index (χ0v) is 22.9. The van der Waals surface area contributed by atoms with Crippen molar-refractivity contribution in [2.75, 3.05) is 10.6 Å². The number of aromatic nitrogens is 5. The lowest BCUT2D eigenvalue weighted by molar-refractivity contribution is 0.262. The zero-order chi connectivity index (χ0) is 29.1. The van der Waals surface area contributed by atoms with E-state index in [-0.39, 0.29) is 17.0 Å². The molecule has 2 amide bonds. The molecule has 0 aliphatic rings. The number of benzene rings is 2. The van der Waals surface area contributed by atoms with Crippen LogP contribution < -0.4 is 15.4 Å². The van der Waals surface area contributed by atoms with Crippen molar-refractivity contribution < 1.29 is 13.9 Å². The topological polar surface area (TPSA) is 123 Å². The molecule has 0 bridgehead atoms. The number of hydrogen-bond donors (Lipinski definition) is 2. The third kappa shape index (κ3) is 6.07. The summed E-state index contributed by atoms with van der Waals surface area (Å²) >= 11 is 0. The summed E-state index contributed by atoms with van der Waals surface area (Å²) in [4.78, 5) is 17.3. The standard InChI is InChI=1S/C30H27FN8O2/c1-30(2,3)39-18-26(28(37-39)20-7-5-6-19(14-20)17-32)36-29(40)35-24-9-8-21(15-23(24)31)41-22-10-12-33-25(16-22)27-11-13-34-38(27)4/h5-16,18H,1-4H3,(H2,35,36,40). The van der Waals surface area contributed by atoms with Crippen molar-refractivity contribution in [2.45, 2.75) is 26.3 Å². The fourth-order valence-corrected chi connectivity index (χ4v) is 4.07. The Balaban J connectivity index is 1.32. The second-order valence-electron chi connectivity index (χ2n) is 10.2. The first-order chi connectivity index (χ1) is 19.6. The van der Waals surface area contributed by atoms with E-state index in [1.54, 1.807) is 70.4 Å². The van der Waals surface area contributed by atoms with Crippen LogP contribution in [0, 0.1) is 17.1 Å². The number of rotatable bonds is 6. The number of carbonyl (C=O) groups excluding carboxylic acids is 1. The van der Waals surface area contributed by atoms with Crippen LogP contribution in [0.3, 0.4) is 0 Å². The largest absolute Gasteiger partial charge is 0.457 e. The summed E-state index contributed by atoms with van der Waals surface area (Å²) < 4.78 is 24.3. The highest BCUT2D eigenvalue weighted by molar-refractivity contribution is 6.02. The molecule has 2 N–H and O–H groups in total. The first-order valence-electron chi connectivity index (χ1n) is 12.7. The van der Waals surface area contributed by atoms with Crippen LogP contribution in [-0.2, 0) is 12.6 Å². The Morgan fingerprint density at radius 2 is 1.78 bits per heavy atom. The number of pyridine rings is 1. The van der Waals surface area contributed by atoms with Crippen molar-refractivity contribution >= 4 is 17.4 Å². The van der Waals surface area contributed by atoms with Crippen molar-refractivity contribution in [2.24, 2.45) is 7.05 Å². The van der Waals surface area contributed by atoms with Gasteiger partial charge in [0.05, 0.1) is 39.9 Å².